The minimum absolute atomic E-state index is 0.778. The number of rotatable bonds is 1. The smallest absolute Gasteiger partial charge is 0.198 e. The van der Waals surface area contributed by atoms with E-state index < -0.39 is 0 Å². The highest BCUT2D eigenvalue weighted by Crippen LogP contribution is 2.16. The van der Waals surface area contributed by atoms with Gasteiger partial charge in [0, 0.05) is 6.42 Å². The average Bonchev–Trinajstić information content (AvgIpc) is 2.26. The fourth-order valence-corrected chi connectivity index (χ4v) is 2.48. The Labute approximate surface area is 91.5 Å². The molecule has 0 N–H and O–H groups in total. The Bertz CT molecular complexity index is 235. The molecular formula is C11H21N2O2+. The topological polar surface area (TPSA) is 30.8 Å². The van der Waals surface area contributed by atoms with E-state index in [-0.39, 0.29) is 0 Å². The van der Waals surface area contributed by atoms with Gasteiger partial charge in [0.25, 0.3) is 0 Å². The molecule has 0 aromatic carbocycles. The first-order valence-corrected chi connectivity index (χ1v) is 5.93. The lowest BCUT2D eigenvalue weighted by atomic mass is 10.2. The molecule has 0 unspecified atom stereocenters. The Kier molecular flexibility index (Phi) is 3.72. The zero-order valence-electron chi connectivity index (χ0n) is 9.57. The molecule has 86 valence electrons. The molecule has 0 amide bonds. The summed E-state index contributed by atoms with van der Waals surface area (Å²) in [5.41, 5.74) is 0. The van der Waals surface area contributed by atoms with Crippen LogP contribution >= 0.6 is 0 Å². The van der Waals surface area contributed by atoms with Crippen LogP contribution in [0.5, 0.6) is 0 Å². The van der Waals surface area contributed by atoms with E-state index in [1.54, 1.807) is 0 Å². The zero-order valence-corrected chi connectivity index (χ0v) is 9.57. The first-order chi connectivity index (χ1) is 7.37. The molecular weight excluding hydrogens is 192 g/mol. The van der Waals surface area contributed by atoms with E-state index in [0.29, 0.717) is 0 Å². The molecule has 1 saturated heterocycles. The van der Waals surface area contributed by atoms with Crippen LogP contribution in [0, 0.1) is 0 Å². The number of morpholine rings is 1. The molecule has 0 radical (unpaired) electrons. The average molecular weight is 213 g/mol. The monoisotopic (exact) mass is 213 g/mol. The van der Waals surface area contributed by atoms with Gasteiger partial charge in [-0.05, 0) is 0 Å². The lowest BCUT2D eigenvalue weighted by Gasteiger charge is -2.41. The van der Waals surface area contributed by atoms with Crippen LogP contribution < -0.4 is 0 Å². The van der Waals surface area contributed by atoms with E-state index in [1.165, 1.54) is 5.84 Å². The summed E-state index contributed by atoms with van der Waals surface area (Å²) in [4.78, 5) is 4.69. The fourth-order valence-electron chi connectivity index (χ4n) is 2.48. The number of hydrogen-bond donors (Lipinski definition) is 0. The van der Waals surface area contributed by atoms with Gasteiger partial charge < -0.3 is 9.47 Å². The standard InChI is InChI=1S/C11H21N2O2/c1-2-11-12-3-7-14-8-4-13(11)5-9-15-10-6-13/h2-10H2,1H3/q+1. The van der Waals surface area contributed by atoms with Crippen molar-refractivity contribution in [3.63, 3.8) is 0 Å². The van der Waals surface area contributed by atoms with Gasteiger partial charge in [0.1, 0.15) is 19.6 Å². The van der Waals surface area contributed by atoms with E-state index in [1.807, 2.05) is 0 Å². The zero-order chi connectivity index (χ0) is 10.6. The van der Waals surface area contributed by atoms with Crippen molar-refractivity contribution in [3.8, 4) is 0 Å². The highest BCUT2D eigenvalue weighted by molar-refractivity contribution is 5.75. The summed E-state index contributed by atoms with van der Waals surface area (Å²) >= 11 is 0. The summed E-state index contributed by atoms with van der Waals surface area (Å²) in [5.74, 6) is 1.35. The number of amidine groups is 1. The highest BCUT2D eigenvalue weighted by atomic mass is 16.5. The summed E-state index contributed by atoms with van der Waals surface area (Å²) in [7, 11) is 0. The van der Waals surface area contributed by atoms with Gasteiger partial charge in [0.2, 0.25) is 0 Å². The van der Waals surface area contributed by atoms with Crippen molar-refractivity contribution < 1.29 is 14.0 Å². The van der Waals surface area contributed by atoms with Gasteiger partial charge in [-0.2, -0.15) is 0 Å². The fraction of sp³-hybridized carbons (Fsp3) is 0.909. The van der Waals surface area contributed by atoms with Gasteiger partial charge in [-0.25, -0.2) is 4.99 Å². The normalized spacial score (nSPS) is 26.9. The molecule has 0 bridgehead atoms. The van der Waals surface area contributed by atoms with Crippen LogP contribution in [0.25, 0.3) is 0 Å². The molecule has 0 aliphatic carbocycles. The number of quaternary nitrogens is 1. The van der Waals surface area contributed by atoms with Crippen LogP contribution in [-0.2, 0) is 9.47 Å². The second-order valence-corrected chi connectivity index (χ2v) is 4.19. The largest absolute Gasteiger partial charge is 0.374 e. The highest BCUT2D eigenvalue weighted by Gasteiger charge is 2.35. The van der Waals surface area contributed by atoms with Gasteiger partial charge >= 0.3 is 0 Å². The predicted octanol–water partition coefficient (Wildman–Crippen LogP) is 0.672. The van der Waals surface area contributed by atoms with E-state index in [0.717, 1.165) is 63.5 Å². The predicted molar refractivity (Wildman–Crippen MR) is 59.1 cm³/mol. The quantitative estimate of drug-likeness (QED) is 0.599. The lowest BCUT2D eigenvalue weighted by molar-refractivity contribution is -0.853. The van der Waals surface area contributed by atoms with E-state index >= 15 is 0 Å². The summed E-state index contributed by atoms with van der Waals surface area (Å²) < 4.78 is 12.0. The lowest BCUT2D eigenvalue weighted by Crippen LogP contribution is -2.60. The number of nitrogens with zero attached hydrogens (tertiary/aromatic N) is 2. The van der Waals surface area contributed by atoms with E-state index in [9.17, 15) is 0 Å². The van der Waals surface area contributed by atoms with E-state index in [2.05, 4.69) is 11.9 Å². The molecule has 2 rings (SSSR count). The molecule has 0 aromatic rings. The number of ether oxygens (including phenoxy) is 2. The van der Waals surface area contributed by atoms with E-state index in [4.69, 9.17) is 9.47 Å². The third-order valence-corrected chi connectivity index (χ3v) is 3.38. The van der Waals surface area contributed by atoms with Crippen LogP contribution in [0.4, 0.5) is 0 Å². The molecule has 1 fully saturated rings. The van der Waals surface area contributed by atoms with Crippen molar-refractivity contribution >= 4 is 5.84 Å². The van der Waals surface area contributed by atoms with Crippen molar-refractivity contribution in [2.75, 3.05) is 52.6 Å². The Balaban J connectivity index is 2.17. The van der Waals surface area contributed by atoms with Crippen molar-refractivity contribution in [2.24, 2.45) is 4.99 Å². The first kappa shape index (κ1) is 11.0. The molecule has 15 heavy (non-hydrogen) atoms. The molecule has 0 saturated carbocycles. The van der Waals surface area contributed by atoms with Crippen LogP contribution in [0.2, 0.25) is 0 Å². The van der Waals surface area contributed by atoms with Gasteiger partial charge in [0.05, 0.1) is 33.0 Å². The summed E-state index contributed by atoms with van der Waals surface area (Å²) in [5, 5.41) is 0. The second kappa shape index (κ2) is 5.05. The Hall–Kier alpha value is -0.450. The van der Waals surface area contributed by atoms with Gasteiger partial charge in [-0.1, -0.05) is 6.92 Å². The molecule has 0 atom stereocenters. The maximum Gasteiger partial charge on any atom is 0.198 e. The molecule has 0 aromatic heterocycles. The molecule has 1 spiro atoms. The van der Waals surface area contributed by atoms with Crippen molar-refractivity contribution in [1.29, 1.82) is 0 Å². The summed E-state index contributed by atoms with van der Waals surface area (Å²) in [6.45, 7) is 9.58. The van der Waals surface area contributed by atoms with Crippen LogP contribution in [-0.4, -0.2) is 62.9 Å². The first-order valence-electron chi connectivity index (χ1n) is 5.93. The molecule has 2 aliphatic heterocycles. The summed E-state index contributed by atoms with van der Waals surface area (Å²) in [6.07, 6.45) is 1.06. The maximum absolute atomic E-state index is 5.53. The van der Waals surface area contributed by atoms with Gasteiger partial charge in [-0.15, -0.1) is 0 Å². The summed E-state index contributed by atoms with van der Waals surface area (Å²) in [6, 6.07) is 0. The minimum Gasteiger partial charge on any atom is -0.374 e. The van der Waals surface area contributed by atoms with Crippen LogP contribution in [0.15, 0.2) is 4.99 Å². The number of aliphatic imine (C=N–C) groups is 1. The SMILES string of the molecule is CCC1=NCCOCC[N+]12CCOCC2. The molecule has 4 nitrogen and oxygen atoms in total. The molecule has 4 heteroatoms. The van der Waals surface area contributed by atoms with Crippen molar-refractivity contribution in [2.45, 2.75) is 13.3 Å². The van der Waals surface area contributed by atoms with Gasteiger partial charge in [0.15, 0.2) is 5.84 Å². The van der Waals surface area contributed by atoms with Crippen LogP contribution in [0.3, 0.4) is 0 Å². The third-order valence-electron chi connectivity index (χ3n) is 3.38. The molecule has 2 aliphatic rings. The Morgan fingerprint density at radius 3 is 2.27 bits per heavy atom. The van der Waals surface area contributed by atoms with Crippen molar-refractivity contribution in [3.05, 3.63) is 0 Å². The maximum atomic E-state index is 5.53. The number of hydrogen-bond acceptors (Lipinski definition) is 3. The molecule has 2 heterocycles. The van der Waals surface area contributed by atoms with Crippen LogP contribution in [0.1, 0.15) is 13.3 Å². The van der Waals surface area contributed by atoms with Crippen molar-refractivity contribution in [1.82, 2.24) is 0 Å². The Morgan fingerprint density at radius 1 is 1.07 bits per heavy atom. The second-order valence-electron chi connectivity index (χ2n) is 4.19. The minimum atomic E-state index is 0.778. The Morgan fingerprint density at radius 2 is 1.67 bits per heavy atom. The third kappa shape index (κ3) is 2.38. The van der Waals surface area contributed by atoms with Gasteiger partial charge in [-0.3, -0.25) is 4.48 Å².